The van der Waals surface area contributed by atoms with Gasteiger partial charge in [-0.25, -0.2) is 0 Å². The average Bonchev–Trinajstić information content (AvgIpc) is 2.74. The second-order valence-corrected chi connectivity index (χ2v) is 3.43. The molecule has 0 spiro atoms. The maximum absolute atomic E-state index is 11.0. The Labute approximate surface area is 78.4 Å². The lowest BCUT2D eigenvalue weighted by atomic mass is 10.1. The first-order valence-corrected chi connectivity index (χ1v) is 4.53. The number of aromatic nitrogens is 2. The molecule has 0 saturated heterocycles. The number of carbonyl (C=O) groups excluding carboxylic acids is 1. The lowest BCUT2D eigenvalue weighted by molar-refractivity contribution is 0.100. The van der Waals surface area contributed by atoms with Gasteiger partial charge in [0.1, 0.15) is 0 Å². The number of nitrogens with two attached hydrogens (primary N) is 1. The Morgan fingerprint density at radius 3 is 3.08 bits per heavy atom. The number of aromatic amines is 1. The van der Waals surface area contributed by atoms with Crippen molar-refractivity contribution in [3.63, 3.8) is 0 Å². The van der Waals surface area contributed by atoms with E-state index in [-0.39, 0.29) is 0 Å². The van der Waals surface area contributed by atoms with Crippen LogP contribution in [-0.4, -0.2) is 16.1 Å². The number of nitrogens with zero attached hydrogens (tertiary/aromatic N) is 1. The van der Waals surface area contributed by atoms with Crippen molar-refractivity contribution >= 4 is 17.2 Å². The molecule has 0 aromatic carbocycles. The van der Waals surface area contributed by atoms with Gasteiger partial charge in [0.05, 0.1) is 11.1 Å². The summed E-state index contributed by atoms with van der Waals surface area (Å²) in [5.41, 5.74) is 6.93. The summed E-state index contributed by atoms with van der Waals surface area (Å²) in [5, 5.41) is 8.33. The lowest BCUT2D eigenvalue weighted by Crippen LogP contribution is -2.09. The Balaban J connectivity index is 2.52. The van der Waals surface area contributed by atoms with Crippen LogP contribution in [0.1, 0.15) is 9.67 Å². The zero-order chi connectivity index (χ0) is 9.26. The third kappa shape index (κ3) is 1.33. The van der Waals surface area contributed by atoms with Gasteiger partial charge in [-0.15, -0.1) is 11.3 Å². The Bertz CT molecular complexity index is 418. The van der Waals surface area contributed by atoms with E-state index in [9.17, 15) is 4.79 Å². The number of amides is 1. The smallest absolute Gasteiger partial charge is 0.259 e. The van der Waals surface area contributed by atoms with Crippen LogP contribution in [0.15, 0.2) is 23.8 Å². The van der Waals surface area contributed by atoms with Crippen molar-refractivity contribution in [3.8, 4) is 11.1 Å². The van der Waals surface area contributed by atoms with Crippen molar-refractivity contribution in [2.75, 3.05) is 0 Å². The fraction of sp³-hybridized carbons (Fsp3) is 0. The highest BCUT2D eigenvalue weighted by atomic mass is 32.1. The lowest BCUT2D eigenvalue weighted by Gasteiger charge is -1.94. The van der Waals surface area contributed by atoms with Gasteiger partial charge in [0, 0.05) is 17.3 Å². The Morgan fingerprint density at radius 2 is 2.46 bits per heavy atom. The van der Waals surface area contributed by atoms with E-state index in [2.05, 4.69) is 10.2 Å². The van der Waals surface area contributed by atoms with Crippen LogP contribution in [0.2, 0.25) is 0 Å². The average molecular weight is 193 g/mol. The molecule has 0 fully saturated rings. The van der Waals surface area contributed by atoms with Crippen LogP contribution in [0, 0.1) is 0 Å². The van der Waals surface area contributed by atoms with Gasteiger partial charge in [0.2, 0.25) is 0 Å². The molecule has 2 heterocycles. The molecule has 13 heavy (non-hydrogen) atoms. The monoisotopic (exact) mass is 193 g/mol. The minimum absolute atomic E-state index is 0.397. The molecule has 5 heteroatoms. The minimum atomic E-state index is -0.397. The fourth-order valence-electron chi connectivity index (χ4n) is 1.13. The van der Waals surface area contributed by atoms with E-state index >= 15 is 0 Å². The molecule has 0 radical (unpaired) electrons. The summed E-state index contributed by atoms with van der Waals surface area (Å²) in [7, 11) is 0. The van der Waals surface area contributed by atoms with Crippen molar-refractivity contribution in [3.05, 3.63) is 28.7 Å². The second-order valence-electron chi connectivity index (χ2n) is 2.51. The van der Waals surface area contributed by atoms with E-state index in [1.807, 2.05) is 11.4 Å². The van der Waals surface area contributed by atoms with Crippen LogP contribution >= 0.6 is 11.3 Å². The summed E-state index contributed by atoms with van der Waals surface area (Å²) in [5.74, 6) is -0.397. The minimum Gasteiger partial charge on any atom is -0.365 e. The van der Waals surface area contributed by atoms with Gasteiger partial charge in [-0.05, 0) is 11.4 Å². The molecule has 4 nitrogen and oxygen atoms in total. The van der Waals surface area contributed by atoms with Gasteiger partial charge < -0.3 is 5.73 Å². The zero-order valence-electron chi connectivity index (χ0n) is 6.65. The number of thiophene rings is 1. The molecule has 3 N–H and O–H groups in total. The molecular weight excluding hydrogens is 186 g/mol. The van der Waals surface area contributed by atoms with E-state index in [0.29, 0.717) is 4.88 Å². The Morgan fingerprint density at radius 1 is 1.62 bits per heavy atom. The molecule has 66 valence electrons. The second kappa shape index (κ2) is 3.02. The molecule has 0 bridgehead atoms. The Hall–Kier alpha value is -1.62. The van der Waals surface area contributed by atoms with E-state index < -0.39 is 5.91 Å². The molecule has 2 rings (SSSR count). The number of H-pyrrole nitrogens is 1. The number of primary amides is 1. The standard InChI is InChI=1S/C8H7N3OS/c9-8(12)7-6(1-2-13-7)5-3-10-11-4-5/h1-4H,(H2,9,12)(H,10,11). The summed E-state index contributed by atoms with van der Waals surface area (Å²) in [4.78, 5) is 11.6. The first-order valence-electron chi connectivity index (χ1n) is 3.65. The van der Waals surface area contributed by atoms with Gasteiger partial charge in [-0.2, -0.15) is 5.10 Å². The van der Waals surface area contributed by atoms with E-state index in [1.54, 1.807) is 12.4 Å². The van der Waals surface area contributed by atoms with Gasteiger partial charge in [-0.1, -0.05) is 0 Å². The molecular formula is C8H7N3OS. The van der Waals surface area contributed by atoms with Crippen molar-refractivity contribution in [1.82, 2.24) is 10.2 Å². The van der Waals surface area contributed by atoms with E-state index in [1.165, 1.54) is 11.3 Å². The van der Waals surface area contributed by atoms with Gasteiger partial charge in [0.25, 0.3) is 5.91 Å². The largest absolute Gasteiger partial charge is 0.365 e. The first kappa shape index (κ1) is 8.00. The summed E-state index contributed by atoms with van der Waals surface area (Å²) >= 11 is 1.34. The van der Waals surface area contributed by atoms with Crippen molar-refractivity contribution in [2.45, 2.75) is 0 Å². The maximum Gasteiger partial charge on any atom is 0.259 e. The fourth-order valence-corrected chi connectivity index (χ4v) is 1.89. The predicted octanol–water partition coefficient (Wildman–Crippen LogP) is 1.24. The molecule has 0 atom stereocenters. The molecule has 2 aromatic rings. The summed E-state index contributed by atoms with van der Waals surface area (Å²) in [6, 6.07) is 1.86. The van der Waals surface area contributed by atoms with Crippen LogP contribution in [0.5, 0.6) is 0 Å². The molecule has 1 amide bonds. The van der Waals surface area contributed by atoms with Crippen molar-refractivity contribution < 1.29 is 4.79 Å². The van der Waals surface area contributed by atoms with Crippen molar-refractivity contribution in [2.24, 2.45) is 5.73 Å². The topological polar surface area (TPSA) is 71.8 Å². The van der Waals surface area contributed by atoms with Crippen LogP contribution in [0.4, 0.5) is 0 Å². The van der Waals surface area contributed by atoms with Crippen LogP contribution in [0.3, 0.4) is 0 Å². The summed E-state index contributed by atoms with van der Waals surface area (Å²) in [6.45, 7) is 0. The Kier molecular flexibility index (Phi) is 1.86. The van der Waals surface area contributed by atoms with Crippen LogP contribution in [-0.2, 0) is 0 Å². The van der Waals surface area contributed by atoms with E-state index in [4.69, 9.17) is 5.73 Å². The van der Waals surface area contributed by atoms with Gasteiger partial charge in [0.15, 0.2) is 0 Å². The van der Waals surface area contributed by atoms with Crippen molar-refractivity contribution in [1.29, 1.82) is 0 Å². The molecule has 0 aliphatic rings. The highest BCUT2D eigenvalue weighted by Crippen LogP contribution is 2.26. The molecule has 0 aliphatic heterocycles. The van der Waals surface area contributed by atoms with E-state index in [0.717, 1.165) is 11.1 Å². The summed E-state index contributed by atoms with van der Waals surface area (Å²) in [6.07, 6.45) is 3.39. The number of nitrogens with one attached hydrogen (secondary N) is 1. The SMILES string of the molecule is NC(=O)c1sccc1-c1cn[nH]c1. The number of hydrogen-bond donors (Lipinski definition) is 2. The summed E-state index contributed by atoms with van der Waals surface area (Å²) < 4.78 is 0. The number of hydrogen-bond acceptors (Lipinski definition) is 3. The normalized spacial score (nSPS) is 10.2. The highest BCUT2D eigenvalue weighted by molar-refractivity contribution is 7.12. The maximum atomic E-state index is 11.0. The number of rotatable bonds is 2. The molecule has 0 unspecified atom stereocenters. The molecule has 0 saturated carbocycles. The molecule has 2 aromatic heterocycles. The first-order chi connectivity index (χ1) is 6.29. The van der Waals surface area contributed by atoms with Crippen LogP contribution in [0.25, 0.3) is 11.1 Å². The van der Waals surface area contributed by atoms with Gasteiger partial charge >= 0.3 is 0 Å². The highest BCUT2D eigenvalue weighted by Gasteiger charge is 2.11. The zero-order valence-corrected chi connectivity index (χ0v) is 7.47. The number of carbonyl (C=O) groups is 1. The predicted molar refractivity (Wildman–Crippen MR) is 50.4 cm³/mol. The van der Waals surface area contributed by atoms with Crippen LogP contribution < -0.4 is 5.73 Å². The third-order valence-electron chi connectivity index (χ3n) is 1.70. The van der Waals surface area contributed by atoms with Gasteiger partial charge in [-0.3, -0.25) is 9.89 Å². The third-order valence-corrected chi connectivity index (χ3v) is 2.63. The quantitative estimate of drug-likeness (QED) is 0.753. The molecule has 0 aliphatic carbocycles.